The van der Waals surface area contributed by atoms with Crippen molar-refractivity contribution in [3.63, 3.8) is 0 Å². The Morgan fingerprint density at radius 1 is 1.03 bits per heavy atom. The fourth-order valence-corrected chi connectivity index (χ4v) is 11.7. The van der Waals surface area contributed by atoms with Gasteiger partial charge >= 0.3 is 6.09 Å². The van der Waals surface area contributed by atoms with Crippen LogP contribution in [0.25, 0.3) is 0 Å². The van der Waals surface area contributed by atoms with Gasteiger partial charge in [0.25, 0.3) is 8.32 Å². The number of aromatic nitrogens is 1. The molecular weight excluding hydrogens is 468 g/mol. The molecule has 0 unspecified atom stereocenters. The molecule has 4 aliphatic rings. The maximum absolute atomic E-state index is 11.0. The van der Waals surface area contributed by atoms with Crippen molar-refractivity contribution in [2.45, 2.75) is 80.9 Å². The summed E-state index contributed by atoms with van der Waals surface area (Å²) in [5, 5.41) is 18.7. The van der Waals surface area contributed by atoms with E-state index in [9.17, 15) is 4.79 Å². The molecule has 1 aromatic heterocycles. The molecule has 2 aromatic carbocycles. The molecule has 1 heterocycles. The molecule has 6 nitrogen and oxygen atoms in total. The minimum absolute atomic E-state index is 0.00122. The van der Waals surface area contributed by atoms with Crippen molar-refractivity contribution in [1.82, 2.24) is 10.5 Å². The molecule has 0 saturated heterocycles. The summed E-state index contributed by atoms with van der Waals surface area (Å²) in [6, 6.07) is 23.7. The summed E-state index contributed by atoms with van der Waals surface area (Å²) in [6.07, 6.45) is 3.55. The number of nitrogens with one attached hydrogen (secondary N) is 1. The summed E-state index contributed by atoms with van der Waals surface area (Å²) in [7, 11) is -2.55. The Kier molecular flexibility index (Phi) is 5.25. The van der Waals surface area contributed by atoms with E-state index in [4.69, 9.17) is 14.1 Å². The van der Waals surface area contributed by atoms with Gasteiger partial charge in [-0.15, -0.1) is 0 Å². The zero-order valence-corrected chi connectivity index (χ0v) is 22.2. The Labute approximate surface area is 213 Å². The Bertz CT molecular complexity index is 1200. The van der Waals surface area contributed by atoms with Crippen LogP contribution in [0.4, 0.5) is 4.79 Å². The topological polar surface area (TPSA) is 84.6 Å². The highest BCUT2D eigenvalue weighted by atomic mass is 28.4. The SMILES string of the molecule is CC(C)(C)[Si](O[C@H]1C[C@@H](c2cc(C34CC(NC(=O)O)(C3)C4)no2)C1)(c1ccccc1)c1ccccc1. The predicted octanol–water partition coefficient (Wildman–Crippen LogP) is 4.94. The fraction of sp³-hybridized carbons (Fsp3) is 0.448. The number of benzene rings is 2. The van der Waals surface area contributed by atoms with Gasteiger partial charge in [-0.05, 0) is 47.5 Å². The molecule has 2 bridgehead atoms. The number of hydrogen-bond donors (Lipinski definition) is 2. The van der Waals surface area contributed by atoms with Crippen LogP contribution in [0.2, 0.25) is 5.04 Å². The second-order valence-electron chi connectivity index (χ2n) is 12.2. The minimum atomic E-state index is -2.55. The average Bonchev–Trinajstić information content (AvgIpc) is 3.24. The van der Waals surface area contributed by atoms with Gasteiger partial charge < -0.3 is 19.4 Å². The summed E-state index contributed by atoms with van der Waals surface area (Å²) < 4.78 is 13.1. The van der Waals surface area contributed by atoms with E-state index < -0.39 is 14.4 Å². The third-order valence-corrected chi connectivity index (χ3v) is 13.8. The summed E-state index contributed by atoms with van der Waals surface area (Å²) in [5.74, 6) is 1.25. The smallest absolute Gasteiger partial charge is 0.405 e. The zero-order chi connectivity index (χ0) is 25.2. The molecule has 0 spiro atoms. The largest absolute Gasteiger partial charge is 0.465 e. The maximum atomic E-state index is 11.0. The van der Waals surface area contributed by atoms with E-state index in [1.54, 1.807) is 0 Å². The van der Waals surface area contributed by atoms with Crippen molar-refractivity contribution in [1.29, 1.82) is 0 Å². The highest BCUT2D eigenvalue weighted by Gasteiger charge is 2.70. The highest BCUT2D eigenvalue weighted by Crippen LogP contribution is 2.67. The van der Waals surface area contributed by atoms with Crippen LogP contribution >= 0.6 is 0 Å². The van der Waals surface area contributed by atoms with E-state index in [0.29, 0.717) is 5.92 Å². The maximum Gasteiger partial charge on any atom is 0.405 e. The van der Waals surface area contributed by atoms with Crippen molar-refractivity contribution in [3.8, 4) is 0 Å². The quantitative estimate of drug-likeness (QED) is 0.447. The van der Waals surface area contributed by atoms with E-state index in [-0.39, 0.29) is 22.1 Å². The van der Waals surface area contributed by atoms with E-state index in [1.807, 2.05) is 0 Å². The van der Waals surface area contributed by atoms with Gasteiger partial charge in [-0.25, -0.2) is 4.79 Å². The van der Waals surface area contributed by atoms with Gasteiger partial charge in [-0.3, -0.25) is 0 Å². The molecule has 3 aromatic rings. The summed E-state index contributed by atoms with van der Waals surface area (Å²) in [5.41, 5.74) is 0.748. The Morgan fingerprint density at radius 3 is 2.08 bits per heavy atom. The molecule has 36 heavy (non-hydrogen) atoms. The molecule has 188 valence electrons. The first kappa shape index (κ1) is 23.5. The first-order chi connectivity index (χ1) is 17.1. The third-order valence-electron chi connectivity index (χ3n) is 8.73. The molecule has 4 fully saturated rings. The minimum Gasteiger partial charge on any atom is -0.465 e. The third kappa shape index (κ3) is 3.55. The van der Waals surface area contributed by atoms with Gasteiger partial charge in [0.15, 0.2) is 0 Å². The lowest BCUT2D eigenvalue weighted by Crippen LogP contribution is -2.76. The van der Waals surface area contributed by atoms with Gasteiger partial charge in [0.1, 0.15) is 5.76 Å². The molecule has 7 rings (SSSR count). The zero-order valence-electron chi connectivity index (χ0n) is 21.2. The van der Waals surface area contributed by atoms with Crippen LogP contribution in [0.1, 0.15) is 70.2 Å². The van der Waals surface area contributed by atoms with Gasteiger partial charge in [0.05, 0.1) is 5.69 Å². The molecule has 0 aliphatic heterocycles. The lowest BCUT2D eigenvalue weighted by atomic mass is 9.38. The first-order valence-electron chi connectivity index (χ1n) is 12.9. The van der Waals surface area contributed by atoms with Crippen molar-refractivity contribution in [2.75, 3.05) is 0 Å². The van der Waals surface area contributed by atoms with Crippen LogP contribution in [-0.4, -0.2) is 36.3 Å². The van der Waals surface area contributed by atoms with Crippen molar-refractivity contribution >= 4 is 24.8 Å². The van der Waals surface area contributed by atoms with E-state index in [2.05, 4.69) is 98.0 Å². The predicted molar refractivity (Wildman–Crippen MR) is 140 cm³/mol. The van der Waals surface area contributed by atoms with Crippen LogP contribution in [0.5, 0.6) is 0 Å². The molecule has 0 atom stereocenters. The van der Waals surface area contributed by atoms with Crippen LogP contribution in [-0.2, 0) is 9.84 Å². The van der Waals surface area contributed by atoms with Crippen LogP contribution < -0.4 is 15.7 Å². The second kappa shape index (κ2) is 8.05. The molecular formula is C29H34N2O4Si. The molecule has 4 saturated carbocycles. The normalized spacial score (nSPS) is 29.0. The number of rotatable bonds is 7. The summed E-state index contributed by atoms with van der Waals surface area (Å²) in [6.45, 7) is 6.94. The van der Waals surface area contributed by atoms with Crippen LogP contribution in [0.3, 0.4) is 0 Å². The van der Waals surface area contributed by atoms with Gasteiger partial charge in [-0.2, -0.15) is 0 Å². The van der Waals surface area contributed by atoms with Crippen molar-refractivity contribution < 1.29 is 18.9 Å². The van der Waals surface area contributed by atoms with Crippen molar-refractivity contribution in [2.24, 2.45) is 0 Å². The first-order valence-corrected chi connectivity index (χ1v) is 14.8. The summed E-state index contributed by atoms with van der Waals surface area (Å²) in [4.78, 5) is 11.0. The van der Waals surface area contributed by atoms with E-state index in [0.717, 1.165) is 43.6 Å². The lowest BCUT2D eigenvalue weighted by molar-refractivity contribution is -0.0862. The summed E-state index contributed by atoms with van der Waals surface area (Å²) >= 11 is 0. The van der Waals surface area contributed by atoms with Gasteiger partial charge in [0.2, 0.25) is 0 Å². The second-order valence-corrected chi connectivity index (χ2v) is 16.5. The Balaban J connectivity index is 1.18. The van der Waals surface area contributed by atoms with Gasteiger partial charge in [-0.1, -0.05) is 86.6 Å². The van der Waals surface area contributed by atoms with Gasteiger partial charge in [0, 0.05) is 29.0 Å². The number of nitrogens with zero attached hydrogens (tertiary/aromatic N) is 1. The number of hydrogen-bond acceptors (Lipinski definition) is 4. The van der Waals surface area contributed by atoms with Crippen LogP contribution in [0.15, 0.2) is 71.3 Å². The van der Waals surface area contributed by atoms with Crippen LogP contribution in [0, 0.1) is 0 Å². The Hall–Kier alpha value is -2.90. The van der Waals surface area contributed by atoms with E-state index in [1.165, 1.54) is 10.4 Å². The number of carbonyl (C=O) groups is 1. The molecule has 7 heteroatoms. The number of amides is 1. The monoisotopic (exact) mass is 502 g/mol. The molecule has 1 amide bonds. The average molecular weight is 503 g/mol. The Morgan fingerprint density at radius 2 is 1.58 bits per heavy atom. The fourth-order valence-electron chi connectivity index (χ4n) is 6.99. The molecule has 0 radical (unpaired) electrons. The van der Waals surface area contributed by atoms with E-state index >= 15 is 0 Å². The molecule has 2 N–H and O–H groups in total. The lowest BCUT2D eigenvalue weighted by Gasteiger charge is -2.69. The number of carboxylic acid groups (broad SMARTS) is 1. The molecule has 4 aliphatic carbocycles. The van der Waals surface area contributed by atoms with Crippen molar-refractivity contribution in [3.05, 3.63) is 78.2 Å². The highest BCUT2D eigenvalue weighted by molar-refractivity contribution is 6.99. The standard InChI is InChI=1S/C29H34N2O4Si/c1-27(2,3)36(22-10-6-4-7-11-22,23-12-8-5-9-13-23)35-21-14-20(15-21)24-16-25(31-34-24)28-17-29(18-28,19-28)30-26(32)33/h4-13,16,20-21,30H,14-15,17-19H2,1-3H3,(H,32,33)/t20-,21+,28?,29?.